The maximum atomic E-state index is 5.68. The standard InChI is InChI=1S/C48H35N3/c1-47(2)38-19-11-9-17-33(38)36-26-31(22-24-40(36)47)43-42-35-18-10-12-20-39(35)48(3,4)45(42)50-46(49-43)51-41-27-30-15-6-5-14-29(30)25-37(41)34-23-21-28-13-7-8-16-32(28)44(34)51/h5-27H,1-4H3. The predicted molar refractivity (Wildman–Crippen MR) is 212 cm³/mol. The van der Waals surface area contributed by atoms with Crippen LogP contribution in [0.25, 0.3) is 82.8 Å². The summed E-state index contributed by atoms with van der Waals surface area (Å²) in [6, 6.07) is 51.2. The van der Waals surface area contributed by atoms with E-state index in [9.17, 15) is 0 Å². The fraction of sp³-hybridized carbons (Fsp3) is 0.125. The van der Waals surface area contributed by atoms with Crippen LogP contribution in [0.1, 0.15) is 50.1 Å². The zero-order valence-corrected chi connectivity index (χ0v) is 29.1. The highest BCUT2D eigenvalue weighted by atomic mass is 15.2. The molecule has 3 nitrogen and oxygen atoms in total. The summed E-state index contributed by atoms with van der Waals surface area (Å²) in [5.74, 6) is 0.706. The fourth-order valence-corrected chi connectivity index (χ4v) is 9.38. The normalized spacial score (nSPS) is 15.0. The minimum Gasteiger partial charge on any atom is -0.277 e. The van der Waals surface area contributed by atoms with Crippen LogP contribution in [-0.4, -0.2) is 14.5 Å². The van der Waals surface area contributed by atoms with Crippen LogP contribution in [-0.2, 0) is 10.8 Å². The quantitative estimate of drug-likeness (QED) is 0.186. The zero-order chi connectivity index (χ0) is 34.2. The summed E-state index contributed by atoms with van der Waals surface area (Å²) in [6.07, 6.45) is 0. The van der Waals surface area contributed by atoms with Crippen molar-refractivity contribution >= 4 is 43.4 Å². The van der Waals surface area contributed by atoms with Gasteiger partial charge in [0.15, 0.2) is 0 Å². The highest BCUT2D eigenvalue weighted by Gasteiger charge is 2.41. The molecule has 0 unspecified atom stereocenters. The summed E-state index contributed by atoms with van der Waals surface area (Å²) in [5, 5.41) is 7.24. The zero-order valence-electron chi connectivity index (χ0n) is 29.1. The topological polar surface area (TPSA) is 30.7 Å². The minimum atomic E-state index is -0.308. The Morgan fingerprint density at radius 2 is 1.12 bits per heavy atom. The molecule has 0 aliphatic heterocycles. The lowest BCUT2D eigenvalue weighted by Gasteiger charge is -2.22. The average Bonchev–Trinajstić information content (AvgIpc) is 3.70. The maximum Gasteiger partial charge on any atom is 0.235 e. The van der Waals surface area contributed by atoms with E-state index in [-0.39, 0.29) is 10.8 Å². The molecule has 0 atom stereocenters. The highest BCUT2D eigenvalue weighted by Crippen LogP contribution is 2.53. The summed E-state index contributed by atoms with van der Waals surface area (Å²) < 4.78 is 2.34. The molecule has 0 amide bonds. The molecule has 0 bridgehead atoms. The maximum absolute atomic E-state index is 5.68. The molecule has 0 saturated carbocycles. The second-order valence-electron chi connectivity index (χ2n) is 15.4. The van der Waals surface area contributed by atoms with E-state index < -0.39 is 0 Å². The molecule has 0 radical (unpaired) electrons. The van der Waals surface area contributed by atoms with Gasteiger partial charge in [-0.2, -0.15) is 0 Å². The van der Waals surface area contributed by atoms with Crippen LogP contribution in [0.4, 0.5) is 0 Å². The second kappa shape index (κ2) is 9.80. The molecule has 7 aromatic carbocycles. The number of fused-ring (bicyclic) bond motifs is 12. The van der Waals surface area contributed by atoms with Gasteiger partial charge in [0.1, 0.15) is 0 Å². The molecule has 9 aromatic rings. The van der Waals surface area contributed by atoms with Crippen molar-refractivity contribution in [3.63, 3.8) is 0 Å². The second-order valence-corrected chi connectivity index (χ2v) is 15.4. The summed E-state index contributed by atoms with van der Waals surface area (Å²) in [7, 11) is 0. The van der Waals surface area contributed by atoms with Crippen molar-refractivity contribution in [2.75, 3.05) is 0 Å². The Labute approximate surface area is 296 Å². The van der Waals surface area contributed by atoms with Crippen molar-refractivity contribution < 1.29 is 0 Å². The van der Waals surface area contributed by atoms with Gasteiger partial charge in [0.2, 0.25) is 5.95 Å². The van der Waals surface area contributed by atoms with Gasteiger partial charge >= 0.3 is 0 Å². The van der Waals surface area contributed by atoms with Crippen LogP contribution in [0.5, 0.6) is 0 Å². The molecule has 0 fully saturated rings. The van der Waals surface area contributed by atoms with Gasteiger partial charge in [0.25, 0.3) is 0 Å². The number of hydrogen-bond donors (Lipinski definition) is 0. The smallest absolute Gasteiger partial charge is 0.235 e. The minimum absolute atomic E-state index is 0.0649. The van der Waals surface area contributed by atoms with E-state index in [2.05, 4.69) is 172 Å². The number of hydrogen-bond acceptors (Lipinski definition) is 2. The van der Waals surface area contributed by atoms with Crippen molar-refractivity contribution in [1.82, 2.24) is 14.5 Å². The van der Waals surface area contributed by atoms with E-state index in [1.54, 1.807) is 0 Å². The Morgan fingerprint density at radius 3 is 1.92 bits per heavy atom. The van der Waals surface area contributed by atoms with Crippen LogP contribution in [0.3, 0.4) is 0 Å². The molecule has 11 rings (SSSR count). The molecule has 2 heterocycles. The van der Waals surface area contributed by atoms with Gasteiger partial charge < -0.3 is 0 Å². The summed E-state index contributed by atoms with van der Waals surface area (Å²) in [6.45, 7) is 9.31. The largest absolute Gasteiger partial charge is 0.277 e. The Balaban J connectivity index is 1.28. The molecular formula is C48H35N3. The van der Waals surface area contributed by atoms with Gasteiger partial charge in [-0.15, -0.1) is 0 Å². The van der Waals surface area contributed by atoms with Crippen molar-refractivity contribution in [2.24, 2.45) is 0 Å². The SMILES string of the molecule is CC1(C)c2ccccc2-c2cc(-c3nc(-n4c5cc6ccccc6cc5c5ccc6ccccc6c54)nc4c3-c3ccccc3C4(C)C)ccc21. The van der Waals surface area contributed by atoms with Gasteiger partial charge in [-0.05, 0) is 67.7 Å². The predicted octanol–water partition coefficient (Wildman–Crippen LogP) is 12.2. The Kier molecular flexibility index (Phi) is 5.52. The Bertz CT molecular complexity index is 2980. The van der Waals surface area contributed by atoms with E-state index in [0.29, 0.717) is 5.95 Å². The molecule has 2 aromatic heterocycles. The first-order valence-electron chi connectivity index (χ1n) is 17.9. The molecule has 2 aliphatic rings. The highest BCUT2D eigenvalue weighted by molar-refractivity contribution is 6.20. The van der Waals surface area contributed by atoms with Gasteiger partial charge in [-0.1, -0.05) is 149 Å². The third-order valence-corrected chi connectivity index (χ3v) is 11.9. The van der Waals surface area contributed by atoms with E-state index in [1.165, 1.54) is 65.7 Å². The van der Waals surface area contributed by atoms with E-state index in [4.69, 9.17) is 9.97 Å². The molecule has 242 valence electrons. The number of nitrogens with zero attached hydrogens (tertiary/aromatic N) is 3. The van der Waals surface area contributed by atoms with Crippen LogP contribution in [0.2, 0.25) is 0 Å². The number of rotatable bonds is 2. The third-order valence-electron chi connectivity index (χ3n) is 11.9. The van der Waals surface area contributed by atoms with E-state index >= 15 is 0 Å². The summed E-state index contributed by atoms with van der Waals surface area (Å²) in [5.41, 5.74) is 14.0. The number of aromatic nitrogens is 3. The fourth-order valence-electron chi connectivity index (χ4n) is 9.38. The average molecular weight is 654 g/mol. The van der Waals surface area contributed by atoms with Crippen molar-refractivity contribution in [1.29, 1.82) is 0 Å². The van der Waals surface area contributed by atoms with Gasteiger partial charge in [-0.25, -0.2) is 9.97 Å². The Hall–Kier alpha value is -6.06. The van der Waals surface area contributed by atoms with E-state index in [1.807, 2.05) is 0 Å². The molecule has 2 aliphatic carbocycles. The van der Waals surface area contributed by atoms with Crippen LogP contribution < -0.4 is 0 Å². The molecule has 3 heteroatoms. The third kappa shape index (κ3) is 3.73. The summed E-state index contributed by atoms with van der Waals surface area (Å²) in [4.78, 5) is 11.3. The lowest BCUT2D eigenvalue weighted by molar-refractivity contribution is 0.632. The molecule has 51 heavy (non-hydrogen) atoms. The lowest BCUT2D eigenvalue weighted by Crippen LogP contribution is -2.18. The molecule has 0 saturated heterocycles. The monoisotopic (exact) mass is 653 g/mol. The molecule has 0 spiro atoms. The van der Waals surface area contributed by atoms with E-state index in [0.717, 1.165) is 33.5 Å². The number of benzene rings is 7. The first-order chi connectivity index (χ1) is 24.8. The van der Waals surface area contributed by atoms with Crippen molar-refractivity contribution in [3.8, 4) is 39.5 Å². The van der Waals surface area contributed by atoms with Crippen LogP contribution >= 0.6 is 0 Å². The van der Waals surface area contributed by atoms with Gasteiger partial charge in [-0.3, -0.25) is 4.57 Å². The van der Waals surface area contributed by atoms with Gasteiger partial charge in [0.05, 0.1) is 22.4 Å². The Morgan fingerprint density at radius 1 is 0.471 bits per heavy atom. The molecule has 0 N–H and O–H groups in total. The first kappa shape index (κ1) is 28.7. The first-order valence-corrected chi connectivity index (χ1v) is 17.9. The molecular weight excluding hydrogens is 619 g/mol. The van der Waals surface area contributed by atoms with Gasteiger partial charge in [0, 0.05) is 38.1 Å². The van der Waals surface area contributed by atoms with Crippen molar-refractivity contribution in [3.05, 3.63) is 162 Å². The lowest BCUT2D eigenvalue weighted by atomic mass is 9.82. The van der Waals surface area contributed by atoms with Crippen molar-refractivity contribution in [2.45, 2.75) is 38.5 Å². The summed E-state index contributed by atoms with van der Waals surface area (Å²) >= 11 is 0. The van der Waals surface area contributed by atoms with Crippen LogP contribution in [0, 0.1) is 0 Å². The van der Waals surface area contributed by atoms with Crippen LogP contribution in [0.15, 0.2) is 140 Å².